The summed E-state index contributed by atoms with van der Waals surface area (Å²) in [5.41, 5.74) is 0.996. The van der Waals surface area contributed by atoms with Crippen molar-refractivity contribution in [2.75, 3.05) is 25.6 Å². The molecule has 0 N–H and O–H groups in total. The molecule has 110 valence electrons. The maximum Gasteiger partial charge on any atom is 0.338 e. The fourth-order valence-corrected chi connectivity index (χ4v) is 1.72. The number of hydrogen-bond acceptors (Lipinski definition) is 5. The number of esters is 1. The van der Waals surface area contributed by atoms with Gasteiger partial charge in [-0.15, -0.1) is 0 Å². The van der Waals surface area contributed by atoms with Crippen LogP contribution in [-0.2, 0) is 11.3 Å². The van der Waals surface area contributed by atoms with E-state index in [1.165, 1.54) is 10.7 Å². The summed E-state index contributed by atoms with van der Waals surface area (Å²) in [6, 6.07) is 10.2. The van der Waals surface area contributed by atoms with E-state index in [0.717, 1.165) is 5.69 Å². The quantitative estimate of drug-likeness (QED) is 0.772. The van der Waals surface area contributed by atoms with E-state index in [-0.39, 0.29) is 18.7 Å². The highest BCUT2D eigenvalue weighted by Gasteiger charge is 2.07. The Bertz CT molecular complexity index is 665. The number of carbonyl (C=O) groups is 1. The van der Waals surface area contributed by atoms with Crippen LogP contribution in [0.1, 0.15) is 10.4 Å². The van der Waals surface area contributed by atoms with Crippen LogP contribution < -0.4 is 10.5 Å². The third-order valence-electron chi connectivity index (χ3n) is 2.92. The first-order chi connectivity index (χ1) is 10.1. The van der Waals surface area contributed by atoms with Gasteiger partial charge in [0.25, 0.3) is 5.56 Å². The van der Waals surface area contributed by atoms with Crippen molar-refractivity contribution in [2.24, 2.45) is 0 Å². The van der Waals surface area contributed by atoms with E-state index in [4.69, 9.17) is 4.74 Å². The second kappa shape index (κ2) is 6.69. The normalized spacial score (nSPS) is 10.2. The van der Waals surface area contributed by atoms with Gasteiger partial charge >= 0.3 is 5.97 Å². The van der Waals surface area contributed by atoms with E-state index in [0.29, 0.717) is 5.56 Å². The maximum absolute atomic E-state index is 11.8. The molecular weight excluding hydrogens is 270 g/mol. The fraction of sp³-hybridized carbons (Fsp3) is 0.267. The minimum Gasteiger partial charge on any atom is -0.460 e. The van der Waals surface area contributed by atoms with E-state index in [1.54, 1.807) is 35.4 Å². The molecule has 1 heterocycles. The van der Waals surface area contributed by atoms with Crippen LogP contribution in [0.5, 0.6) is 0 Å². The Morgan fingerprint density at radius 2 is 2.00 bits per heavy atom. The van der Waals surface area contributed by atoms with Gasteiger partial charge in [-0.2, -0.15) is 5.10 Å². The van der Waals surface area contributed by atoms with Gasteiger partial charge in [-0.25, -0.2) is 9.48 Å². The van der Waals surface area contributed by atoms with Crippen molar-refractivity contribution in [1.82, 2.24) is 9.78 Å². The highest BCUT2D eigenvalue weighted by Crippen LogP contribution is 2.04. The lowest BCUT2D eigenvalue weighted by molar-refractivity contribution is 0.0486. The first-order valence-corrected chi connectivity index (χ1v) is 6.54. The first-order valence-electron chi connectivity index (χ1n) is 6.54. The van der Waals surface area contributed by atoms with E-state index >= 15 is 0 Å². The summed E-state index contributed by atoms with van der Waals surface area (Å²) in [4.78, 5) is 25.3. The largest absolute Gasteiger partial charge is 0.460 e. The Kier molecular flexibility index (Phi) is 4.71. The molecule has 1 aromatic carbocycles. The van der Waals surface area contributed by atoms with Gasteiger partial charge in [0.2, 0.25) is 0 Å². The Morgan fingerprint density at radius 1 is 1.29 bits per heavy atom. The molecule has 0 fully saturated rings. The van der Waals surface area contributed by atoms with Gasteiger partial charge in [-0.1, -0.05) is 18.2 Å². The monoisotopic (exact) mass is 287 g/mol. The number of carbonyl (C=O) groups excluding carboxylic acids is 1. The van der Waals surface area contributed by atoms with Crippen LogP contribution in [0.2, 0.25) is 0 Å². The summed E-state index contributed by atoms with van der Waals surface area (Å²) < 4.78 is 6.38. The smallest absolute Gasteiger partial charge is 0.338 e. The van der Waals surface area contributed by atoms with Crippen molar-refractivity contribution in [2.45, 2.75) is 6.54 Å². The van der Waals surface area contributed by atoms with Crippen molar-refractivity contribution in [3.05, 3.63) is 58.5 Å². The second-order valence-electron chi connectivity index (χ2n) is 4.67. The molecule has 0 amide bonds. The fourth-order valence-electron chi connectivity index (χ4n) is 1.72. The summed E-state index contributed by atoms with van der Waals surface area (Å²) in [6.45, 7) is 0.326. The molecule has 0 radical (unpaired) electrons. The highest BCUT2D eigenvalue weighted by atomic mass is 16.5. The van der Waals surface area contributed by atoms with E-state index < -0.39 is 5.97 Å². The van der Waals surface area contributed by atoms with Gasteiger partial charge in [0.15, 0.2) is 0 Å². The molecule has 0 saturated heterocycles. The summed E-state index contributed by atoms with van der Waals surface area (Å²) in [5.74, 6) is -0.409. The van der Waals surface area contributed by atoms with Gasteiger partial charge in [-0.05, 0) is 12.1 Å². The van der Waals surface area contributed by atoms with Crippen molar-refractivity contribution < 1.29 is 9.53 Å². The molecule has 0 saturated carbocycles. The number of hydrogen-bond donors (Lipinski definition) is 0. The molecule has 6 heteroatoms. The molecule has 0 unspecified atom stereocenters. The molecular formula is C15H17N3O3. The number of ether oxygens (including phenoxy) is 1. The predicted molar refractivity (Wildman–Crippen MR) is 79.5 cm³/mol. The summed E-state index contributed by atoms with van der Waals surface area (Å²) in [7, 11) is 3.67. The summed E-state index contributed by atoms with van der Waals surface area (Å²) in [6.07, 6.45) is 1.60. The van der Waals surface area contributed by atoms with Gasteiger partial charge in [0, 0.05) is 20.2 Å². The van der Waals surface area contributed by atoms with Gasteiger partial charge in [0.1, 0.15) is 6.61 Å². The molecule has 0 bridgehead atoms. The molecule has 0 spiro atoms. The lowest BCUT2D eigenvalue weighted by Crippen LogP contribution is -2.26. The SMILES string of the molecule is CN(C)c1cnn(CCOC(=O)c2ccccc2)c(=O)c1. The minimum absolute atomic E-state index is 0.0992. The van der Waals surface area contributed by atoms with Crippen LogP contribution in [0, 0.1) is 0 Å². The Labute approximate surface area is 122 Å². The van der Waals surface area contributed by atoms with Crippen LogP contribution in [0.15, 0.2) is 47.4 Å². The molecule has 0 atom stereocenters. The number of aromatic nitrogens is 2. The lowest BCUT2D eigenvalue weighted by Gasteiger charge is -2.12. The molecule has 0 aliphatic heterocycles. The van der Waals surface area contributed by atoms with Crippen molar-refractivity contribution in [3.63, 3.8) is 0 Å². The number of rotatable bonds is 5. The van der Waals surface area contributed by atoms with Crippen LogP contribution >= 0.6 is 0 Å². The van der Waals surface area contributed by atoms with Gasteiger partial charge in [-0.3, -0.25) is 4.79 Å². The predicted octanol–water partition coefficient (Wildman–Crippen LogP) is 1.17. The zero-order chi connectivity index (χ0) is 15.2. The molecule has 2 aromatic rings. The number of nitrogens with zero attached hydrogens (tertiary/aromatic N) is 3. The van der Waals surface area contributed by atoms with Crippen molar-refractivity contribution in [3.8, 4) is 0 Å². The minimum atomic E-state index is -0.409. The average molecular weight is 287 g/mol. The Morgan fingerprint density at radius 3 is 2.62 bits per heavy atom. The van der Waals surface area contributed by atoms with Crippen molar-refractivity contribution >= 4 is 11.7 Å². The zero-order valence-corrected chi connectivity index (χ0v) is 12.0. The molecule has 21 heavy (non-hydrogen) atoms. The first kappa shape index (κ1) is 14.8. The molecule has 1 aromatic heterocycles. The van der Waals surface area contributed by atoms with Crippen LogP contribution in [0.3, 0.4) is 0 Å². The number of benzene rings is 1. The summed E-state index contributed by atoms with van der Waals surface area (Å²) >= 11 is 0. The highest BCUT2D eigenvalue weighted by molar-refractivity contribution is 5.89. The van der Waals surface area contributed by atoms with Gasteiger partial charge in [0.05, 0.1) is 24.0 Å². The molecule has 0 aliphatic carbocycles. The third-order valence-corrected chi connectivity index (χ3v) is 2.92. The summed E-state index contributed by atoms with van der Waals surface area (Å²) in [5, 5.41) is 4.04. The molecule has 2 rings (SSSR count). The lowest BCUT2D eigenvalue weighted by atomic mass is 10.2. The van der Waals surface area contributed by atoms with Gasteiger partial charge < -0.3 is 9.64 Å². The zero-order valence-electron chi connectivity index (χ0n) is 12.0. The Balaban J connectivity index is 1.92. The van der Waals surface area contributed by atoms with Crippen molar-refractivity contribution in [1.29, 1.82) is 0 Å². The van der Waals surface area contributed by atoms with Crippen LogP contribution in [0.4, 0.5) is 5.69 Å². The van der Waals surface area contributed by atoms with E-state index in [9.17, 15) is 9.59 Å². The Hall–Kier alpha value is -2.63. The average Bonchev–Trinajstić information content (AvgIpc) is 2.49. The maximum atomic E-state index is 11.8. The van der Waals surface area contributed by atoms with E-state index in [2.05, 4.69) is 5.10 Å². The van der Waals surface area contributed by atoms with Crippen LogP contribution in [-0.4, -0.2) is 36.5 Å². The van der Waals surface area contributed by atoms with Crippen LogP contribution in [0.25, 0.3) is 0 Å². The molecule has 6 nitrogen and oxygen atoms in total. The molecule has 0 aliphatic rings. The standard InChI is InChI=1S/C15H17N3O3/c1-17(2)13-10-14(19)18(16-11-13)8-9-21-15(20)12-6-4-3-5-7-12/h3-7,10-11H,8-9H2,1-2H3. The second-order valence-corrected chi connectivity index (χ2v) is 4.67. The van der Waals surface area contributed by atoms with E-state index in [1.807, 2.05) is 20.2 Å². The topological polar surface area (TPSA) is 64.4 Å². The third kappa shape index (κ3) is 3.92. The number of anilines is 1.